The normalized spacial score (nSPS) is 14.4. The van der Waals surface area contributed by atoms with Crippen LogP contribution in [0.15, 0.2) is 48.5 Å². The number of nitro benzene ring substituents is 1. The van der Waals surface area contributed by atoms with E-state index in [1.54, 1.807) is 51.1 Å². The Morgan fingerprint density at radius 2 is 1.79 bits per heavy atom. The van der Waals surface area contributed by atoms with Gasteiger partial charge in [0, 0.05) is 0 Å². The fourth-order valence-corrected chi connectivity index (χ4v) is 9.67. The number of non-ortho nitro benzene ring substituents is 1. The Hall–Kier alpha value is -2.01. The van der Waals surface area contributed by atoms with Crippen LogP contribution in [0.1, 0.15) is 20.8 Å². The summed E-state index contributed by atoms with van der Waals surface area (Å²) < 4.78 is 29.3. The van der Waals surface area contributed by atoms with E-state index >= 15 is 0 Å². The molecule has 2 aromatic carbocycles. The summed E-state index contributed by atoms with van der Waals surface area (Å²) in [7, 11) is 0. The molecule has 0 aliphatic rings. The number of carbonyl (C=O) groups is 1. The van der Waals surface area contributed by atoms with Crippen LogP contribution in [0, 0.1) is 10.1 Å². The van der Waals surface area contributed by atoms with Gasteiger partial charge in [0.2, 0.25) is 0 Å². The van der Waals surface area contributed by atoms with Crippen LogP contribution in [-0.2, 0) is 14.1 Å². The Morgan fingerprint density at radius 3 is 2.34 bits per heavy atom. The zero-order chi connectivity index (χ0) is 21.6. The summed E-state index contributed by atoms with van der Waals surface area (Å²) in [5, 5.41) is 10.8. The summed E-state index contributed by atoms with van der Waals surface area (Å²) in [5.74, 6) is -0.206. The first-order valence-corrected chi connectivity index (χ1v) is 14.5. The fourth-order valence-electron chi connectivity index (χ4n) is 2.12. The van der Waals surface area contributed by atoms with E-state index in [0.717, 1.165) is 6.07 Å². The van der Waals surface area contributed by atoms with Gasteiger partial charge in [-0.05, 0) is 0 Å². The molecule has 0 spiro atoms. The van der Waals surface area contributed by atoms with Gasteiger partial charge in [-0.2, -0.15) is 0 Å². The van der Waals surface area contributed by atoms with Gasteiger partial charge in [-0.3, -0.25) is 0 Å². The third-order valence-electron chi connectivity index (χ3n) is 3.37. The second-order valence-electron chi connectivity index (χ2n) is 6.20. The number of halogens is 1. The van der Waals surface area contributed by atoms with Crippen LogP contribution in [0.5, 0.6) is 11.5 Å². The molecule has 29 heavy (non-hydrogen) atoms. The summed E-state index contributed by atoms with van der Waals surface area (Å²) >= 11 is 4.40. The monoisotopic (exact) mass is 503 g/mol. The molecule has 8 nitrogen and oxygen atoms in total. The van der Waals surface area contributed by atoms with Crippen molar-refractivity contribution in [3.05, 3.63) is 63.7 Å². The molecule has 0 aliphatic heterocycles. The van der Waals surface area contributed by atoms with Gasteiger partial charge in [-0.1, -0.05) is 0 Å². The van der Waals surface area contributed by atoms with Gasteiger partial charge >= 0.3 is 180 Å². The van der Waals surface area contributed by atoms with Crippen molar-refractivity contribution in [3.8, 4) is 11.5 Å². The maximum absolute atomic E-state index is 13.5. The third kappa shape index (κ3) is 7.07. The molecule has 2 aromatic rings. The van der Waals surface area contributed by atoms with E-state index in [2.05, 4.69) is 0 Å². The van der Waals surface area contributed by atoms with Crippen LogP contribution in [0.4, 0.5) is 5.69 Å². The number of benzene rings is 2. The third-order valence-corrected chi connectivity index (χ3v) is 11.3. The molecular weight excluding hydrogens is 484 g/mol. The summed E-state index contributed by atoms with van der Waals surface area (Å²) in [6.45, 7) is 5.04. The Bertz CT molecular complexity index is 926. The zero-order valence-corrected chi connectivity index (χ0v) is 19.7. The van der Waals surface area contributed by atoms with Gasteiger partial charge < -0.3 is 0 Å². The number of para-hydroxylation sites is 1. The number of nitrogens with zero attached hydrogens (tertiary/aromatic N) is 1. The van der Waals surface area contributed by atoms with Crippen molar-refractivity contribution in [2.75, 3.05) is 0 Å². The van der Waals surface area contributed by atoms with Crippen molar-refractivity contribution in [3.63, 3.8) is 0 Å². The van der Waals surface area contributed by atoms with E-state index in [1.807, 2.05) is 0 Å². The Balaban J connectivity index is 2.30. The first-order chi connectivity index (χ1) is 13.6. The minimum absolute atomic E-state index is 0.0234. The van der Waals surface area contributed by atoms with Crippen molar-refractivity contribution < 1.29 is 28.1 Å². The quantitative estimate of drug-likeness (QED) is 0.156. The Labute approximate surface area is 179 Å². The SMILES string of the molecule is CC(C)OC(=O)[C@H](C)[AsH]P(=O)(Oc1ccccc1)Oc1ccc([N+](=O)[O-])cc1Cl. The molecular formula is C18H20AsClNO7P. The topological polar surface area (TPSA) is 105 Å². The minimum atomic E-state index is -3.81. The summed E-state index contributed by atoms with van der Waals surface area (Å²) in [6.07, 6.45) is -4.12. The summed E-state index contributed by atoms with van der Waals surface area (Å²) in [4.78, 5) is 22.5. The molecule has 2 rings (SSSR count). The van der Waals surface area contributed by atoms with Gasteiger partial charge in [0.05, 0.1) is 0 Å². The van der Waals surface area contributed by atoms with Crippen molar-refractivity contribution in [1.82, 2.24) is 0 Å². The van der Waals surface area contributed by atoms with E-state index < -0.39 is 37.0 Å². The van der Waals surface area contributed by atoms with Gasteiger partial charge in [-0.25, -0.2) is 0 Å². The van der Waals surface area contributed by atoms with E-state index in [9.17, 15) is 19.5 Å². The molecule has 0 heterocycles. The zero-order valence-electron chi connectivity index (χ0n) is 15.9. The Morgan fingerprint density at radius 1 is 1.14 bits per heavy atom. The van der Waals surface area contributed by atoms with E-state index in [1.165, 1.54) is 12.1 Å². The molecule has 0 amide bonds. The second kappa shape index (κ2) is 10.1. The molecule has 0 saturated carbocycles. The molecule has 0 N–H and O–H groups in total. The molecule has 0 radical (unpaired) electrons. The molecule has 11 heteroatoms. The van der Waals surface area contributed by atoms with Crippen LogP contribution >= 0.6 is 17.8 Å². The first-order valence-electron chi connectivity index (χ1n) is 8.56. The molecule has 0 aromatic heterocycles. The second-order valence-corrected chi connectivity index (χ2v) is 15.1. The summed E-state index contributed by atoms with van der Waals surface area (Å²) in [5.41, 5.74) is -0.231. The predicted molar refractivity (Wildman–Crippen MR) is 111 cm³/mol. The van der Waals surface area contributed by atoms with Crippen LogP contribution < -0.4 is 9.05 Å². The van der Waals surface area contributed by atoms with Crippen molar-refractivity contribution in [1.29, 1.82) is 0 Å². The molecule has 0 aliphatic carbocycles. The van der Waals surface area contributed by atoms with Crippen molar-refractivity contribution in [2.24, 2.45) is 0 Å². The maximum atomic E-state index is 13.5. The number of nitro groups is 1. The molecule has 0 bridgehead atoms. The first kappa shape index (κ1) is 23.3. The molecule has 3 atom stereocenters. The van der Waals surface area contributed by atoms with Crippen LogP contribution in [0.25, 0.3) is 0 Å². The van der Waals surface area contributed by atoms with Gasteiger partial charge in [0.15, 0.2) is 0 Å². The Kier molecular flexibility index (Phi) is 8.14. The van der Waals surface area contributed by atoms with Gasteiger partial charge in [0.25, 0.3) is 0 Å². The summed E-state index contributed by atoms with van der Waals surface area (Å²) in [6, 6.07) is 11.9. The van der Waals surface area contributed by atoms with Crippen molar-refractivity contribution in [2.45, 2.75) is 31.6 Å². The number of rotatable bonds is 9. The molecule has 0 saturated heterocycles. The van der Waals surface area contributed by atoms with Crippen LogP contribution in [0.2, 0.25) is 9.73 Å². The fraction of sp³-hybridized carbons (Fsp3) is 0.278. The van der Waals surface area contributed by atoms with E-state index in [-0.39, 0.29) is 22.6 Å². The average Bonchev–Trinajstić information content (AvgIpc) is 2.63. The standard InChI is InChI=1S/C18H20AsClNO7P/c1-12(2)26-18(22)13(3)19-29(25,27-15-7-5-4-6-8-15)28-17-10-9-14(21(23)24)11-16(17)20/h4-13,19H,1-3H3/t13-,29?/m0/s1. The number of ether oxygens (including phenoxy) is 1. The predicted octanol–water partition coefficient (Wildman–Crippen LogP) is 5.01. The van der Waals surface area contributed by atoms with Crippen molar-refractivity contribution >= 4 is 44.7 Å². The number of hydrogen-bond donors (Lipinski definition) is 0. The van der Waals surface area contributed by atoms with Gasteiger partial charge in [0.1, 0.15) is 0 Å². The molecule has 0 fully saturated rings. The number of esters is 1. The van der Waals surface area contributed by atoms with Crippen LogP contribution in [0.3, 0.4) is 0 Å². The average molecular weight is 504 g/mol. The van der Waals surface area contributed by atoms with E-state index in [4.69, 9.17) is 25.4 Å². The van der Waals surface area contributed by atoms with Gasteiger partial charge in [-0.15, -0.1) is 0 Å². The number of hydrogen-bond acceptors (Lipinski definition) is 7. The van der Waals surface area contributed by atoms with E-state index in [0.29, 0.717) is 5.75 Å². The molecule has 156 valence electrons. The van der Waals surface area contributed by atoms with Crippen LogP contribution in [-0.4, -0.2) is 32.3 Å². The number of carbonyl (C=O) groups excluding carboxylic acids is 1. The molecule has 2 unspecified atom stereocenters.